The van der Waals surface area contributed by atoms with Gasteiger partial charge in [-0.2, -0.15) is 0 Å². The van der Waals surface area contributed by atoms with Gasteiger partial charge in [0.15, 0.2) is 5.78 Å². The first kappa shape index (κ1) is 16.1. The lowest BCUT2D eigenvalue weighted by atomic mass is 10.1. The molecular formula is C16H16BrClN2O. The van der Waals surface area contributed by atoms with Gasteiger partial charge in [-0.05, 0) is 37.4 Å². The summed E-state index contributed by atoms with van der Waals surface area (Å²) < 4.78 is 0.872. The molecule has 3 nitrogen and oxygen atoms in total. The Morgan fingerprint density at radius 1 is 1.33 bits per heavy atom. The molecule has 0 unspecified atom stereocenters. The molecule has 0 aliphatic carbocycles. The summed E-state index contributed by atoms with van der Waals surface area (Å²) in [6.07, 6.45) is 2.21. The topological polar surface area (TPSA) is 33.2 Å². The van der Waals surface area contributed by atoms with E-state index < -0.39 is 0 Å². The molecule has 1 aromatic heterocycles. The molecule has 0 bridgehead atoms. The fourth-order valence-corrected chi connectivity index (χ4v) is 2.77. The summed E-state index contributed by atoms with van der Waals surface area (Å²) in [4.78, 5) is 18.5. The molecule has 0 amide bonds. The smallest absolute Gasteiger partial charge is 0.165 e. The van der Waals surface area contributed by atoms with Crippen molar-refractivity contribution in [2.75, 3.05) is 13.6 Å². The molecule has 0 spiro atoms. The van der Waals surface area contributed by atoms with Gasteiger partial charge in [-0.1, -0.05) is 33.6 Å². The minimum Gasteiger partial charge on any atom is -0.300 e. The van der Waals surface area contributed by atoms with Gasteiger partial charge < -0.3 is 4.90 Å². The molecule has 1 aromatic carbocycles. The van der Waals surface area contributed by atoms with E-state index in [9.17, 15) is 4.79 Å². The summed E-state index contributed by atoms with van der Waals surface area (Å²) >= 11 is 9.43. The van der Waals surface area contributed by atoms with E-state index in [0.29, 0.717) is 23.6 Å². The Hall–Kier alpha value is -1.23. The third-order valence-electron chi connectivity index (χ3n) is 3.11. The molecule has 2 aromatic rings. The van der Waals surface area contributed by atoms with E-state index in [1.807, 2.05) is 31.3 Å². The van der Waals surface area contributed by atoms with Crippen molar-refractivity contribution in [2.45, 2.75) is 13.0 Å². The van der Waals surface area contributed by atoms with Crippen LogP contribution in [0.15, 0.2) is 47.1 Å². The van der Waals surface area contributed by atoms with Crippen molar-refractivity contribution in [3.8, 4) is 0 Å². The fraction of sp³-hybridized carbons (Fsp3) is 0.250. The number of carbonyl (C=O) groups is 1. The Bertz CT molecular complexity index is 619. The number of pyridine rings is 1. The number of benzene rings is 1. The van der Waals surface area contributed by atoms with Gasteiger partial charge in [0.1, 0.15) is 0 Å². The SMILES string of the molecule is CN(CCC(=O)c1ccc(Br)cc1Cl)Cc1ccccn1. The van der Waals surface area contributed by atoms with Crippen molar-refractivity contribution in [2.24, 2.45) is 0 Å². The van der Waals surface area contributed by atoms with E-state index in [0.717, 1.165) is 16.7 Å². The predicted molar refractivity (Wildman–Crippen MR) is 88.7 cm³/mol. The van der Waals surface area contributed by atoms with Crippen LogP contribution in [0.2, 0.25) is 5.02 Å². The van der Waals surface area contributed by atoms with Crippen molar-refractivity contribution in [3.05, 3.63) is 63.3 Å². The Labute approximate surface area is 138 Å². The summed E-state index contributed by atoms with van der Waals surface area (Å²) in [6, 6.07) is 11.2. The van der Waals surface area contributed by atoms with Crippen LogP contribution in [0.1, 0.15) is 22.5 Å². The monoisotopic (exact) mass is 366 g/mol. The average molecular weight is 368 g/mol. The zero-order valence-corrected chi connectivity index (χ0v) is 14.1. The second-order valence-electron chi connectivity index (χ2n) is 4.86. The van der Waals surface area contributed by atoms with Crippen LogP contribution in [-0.4, -0.2) is 29.3 Å². The summed E-state index contributed by atoms with van der Waals surface area (Å²) in [5.41, 5.74) is 1.57. The first-order valence-corrected chi connectivity index (χ1v) is 7.80. The molecular weight excluding hydrogens is 352 g/mol. The van der Waals surface area contributed by atoms with Crippen LogP contribution >= 0.6 is 27.5 Å². The highest BCUT2D eigenvalue weighted by molar-refractivity contribution is 9.10. The number of carbonyl (C=O) groups excluding carboxylic acids is 1. The first-order valence-electron chi connectivity index (χ1n) is 6.63. The third-order valence-corrected chi connectivity index (χ3v) is 3.92. The van der Waals surface area contributed by atoms with Crippen molar-refractivity contribution in [1.29, 1.82) is 0 Å². The van der Waals surface area contributed by atoms with E-state index in [-0.39, 0.29) is 5.78 Å². The van der Waals surface area contributed by atoms with Gasteiger partial charge >= 0.3 is 0 Å². The van der Waals surface area contributed by atoms with Crippen molar-refractivity contribution in [1.82, 2.24) is 9.88 Å². The van der Waals surface area contributed by atoms with Gasteiger partial charge in [-0.25, -0.2) is 0 Å². The number of nitrogens with zero attached hydrogens (tertiary/aromatic N) is 2. The molecule has 0 radical (unpaired) electrons. The van der Waals surface area contributed by atoms with E-state index in [2.05, 4.69) is 25.8 Å². The largest absolute Gasteiger partial charge is 0.300 e. The van der Waals surface area contributed by atoms with Crippen LogP contribution in [0.25, 0.3) is 0 Å². The van der Waals surface area contributed by atoms with Gasteiger partial charge in [0.25, 0.3) is 0 Å². The molecule has 0 saturated heterocycles. The van der Waals surface area contributed by atoms with Crippen LogP contribution in [0, 0.1) is 0 Å². The number of halogens is 2. The summed E-state index contributed by atoms with van der Waals surface area (Å²) in [5, 5.41) is 0.488. The molecule has 0 N–H and O–H groups in total. The lowest BCUT2D eigenvalue weighted by Crippen LogP contribution is -2.22. The Kier molecular flexibility index (Phi) is 5.91. The third kappa shape index (κ3) is 4.92. The van der Waals surface area contributed by atoms with Crippen molar-refractivity contribution in [3.63, 3.8) is 0 Å². The molecule has 21 heavy (non-hydrogen) atoms. The molecule has 0 atom stereocenters. The number of hydrogen-bond acceptors (Lipinski definition) is 3. The van der Waals surface area contributed by atoms with E-state index >= 15 is 0 Å². The Balaban J connectivity index is 1.89. The maximum absolute atomic E-state index is 12.2. The quantitative estimate of drug-likeness (QED) is 0.717. The molecule has 0 aliphatic rings. The highest BCUT2D eigenvalue weighted by atomic mass is 79.9. The lowest BCUT2D eigenvalue weighted by Gasteiger charge is -2.15. The maximum atomic E-state index is 12.2. The van der Waals surface area contributed by atoms with E-state index in [1.54, 1.807) is 18.3 Å². The fourth-order valence-electron chi connectivity index (χ4n) is 1.99. The summed E-state index contributed by atoms with van der Waals surface area (Å²) in [5.74, 6) is 0.0559. The Morgan fingerprint density at radius 3 is 2.81 bits per heavy atom. The van der Waals surface area contributed by atoms with E-state index in [4.69, 9.17) is 11.6 Å². The standard InChI is InChI=1S/C16H16BrClN2O/c1-20(11-13-4-2-3-8-19-13)9-7-16(21)14-6-5-12(17)10-15(14)18/h2-6,8,10H,7,9,11H2,1H3. The lowest BCUT2D eigenvalue weighted by molar-refractivity contribution is 0.0967. The Morgan fingerprint density at radius 2 is 2.14 bits per heavy atom. The normalized spacial score (nSPS) is 10.9. The minimum atomic E-state index is 0.0559. The zero-order valence-electron chi connectivity index (χ0n) is 11.7. The summed E-state index contributed by atoms with van der Waals surface area (Å²) in [6.45, 7) is 1.39. The second-order valence-corrected chi connectivity index (χ2v) is 6.18. The molecule has 1 heterocycles. The van der Waals surface area contributed by atoms with Gasteiger partial charge in [0.2, 0.25) is 0 Å². The predicted octanol–water partition coefficient (Wildman–Crippen LogP) is 4.20. The molecule has 0 saturated carbocycles. The number of hydrogen-bond donors (Lipinski definition) is 0. The van der Waals surface area contributed by atoms with Gasteiger partial charge in [0, 0.05) is 35.7 Å². The molecule has 2 rings (SSSR count). The maximum Gasteiger partial charge on any atom is 0.165 e. The average Bonchev–Trinajstić information content (AvgIpc) is 2.46. The minimum absolute atomic E-state index is 0.0559. The van der Waals surface area contributed by atoms with Crippen LogP contribution in [0.5, 0.6) is 0 Å². The second kappa shape index (κ2) is 7.69. The van der Waals surface area contributed by atoms with Gasteiger partial charge in [0.05, 0.1) is 10.7 Å². The van der Waals surface area contributed by atoms with E-state index in [1.165, 1.54) is 0 Å². The van der Waals surface area contributed by atoms with Gasteiger partial charge in [-0.15, -0.1) is 0 Å². The highest BCUT2D eigenvalue weighted by Gasteiger charge is 2.12. The van der Waals surface area contributed by atoms with Crippen LogP contribution in [0.3, 0.4) is 0 Å². The van der Waals surface area contributed by atoms with Crippen molar-refractivity contribution >= 4 is 33.3 Å². The number of aromatic nitrogens is 1. The van der Waals surface area contributed by atoms with Gasteiger partial charge in [-0.3, -0.25) is 9.78 Å². The summed E-state index contributed by atoms with van der Waals surface area (Å²) in [7, 11) is 1.98. The van der Waals surface area contributed by atoms with Crippen LogP contribution < -0.4 is 0 Å². The van der Waals surface area contributed by atoms with Crippen LogP contribution in [0.4, 0.5) is 0 Å². The molecule has 110 valence electrons. The molecule has 0 aliphatic heterocycles. The van der Waals surface area contributed by atoms with Crippen molar-refractivity contribution < 1.29 is 4.79 Å². The zero-order chi connectivity index (χ0) is 15.2. The number of Topliss-reactive ketones (excluding diaryl/α,β-unsaturated/α-hetero) is 1. The van der Waals surface area contributed by atoms with Crippen LogP contribution in [-0.2, 0) is 6.54 Å². The molecule has 0 fully saturated rings. The number of ketones is 1. The first-order chi connectivity index (χ1) is 10.1. The highest BCUT2D eigenvalue weighted by Crippen LogP contribution is 2.22. The molecule has 5 heteroatoms. The number of rotatable bonds is 6.